The zero-order valence-corrected chi connectivity index (χ0v) is 15.6. The van der Waals surface area contributed by atoms with Crippen LogP contribution in [0.5, 0.6) is 0 Å². The Morgan fingerprint density at radius 1 is 1.15 bits per heavy atom. The lowest BCUT2D eigenvalue weighted by atomic mass is 9.72. The molecule has 1 aromatic carbocycles. The number of fused-ring (bicyclic) bond motifs is 1. The van der Waals surface area contributed by atoms with Crippen molar-refractivity contribution in [2.75, 3.05) is 6.54 Å². The Hall–Kier alpha value is -2.68. The maximum atomic E-state index is 13.1. The first-order valence-corrected chi connectivity index (χ1v) is 9.13. The van der Waals surface area contributed by atoms with Crippen LogP contribution in [-0.4, -0.2) is 22.3 Å². The van der Waals surface area contributed by atoms with E-state index in [0.717, 1.165) is 29.7 Å². The molecule has 1 aliphatic heterocycles. The van der Waals surface area contributed by atoms with E-state index >= 15 is 0 Å². The number of hydrogen-bond donors (Lipinski definition) is 0. The second kappa shape index (κ2) is 6.24. The monoisotopic (exact) mass is 344 g/mol. The molecule has 1 aliphatic carbocycles. The summed E-state index contributed by atoms with van der Waals surface area (Å²) in [4.78, 5) is 19.4. The van der Waals surface area contributed by atoms with Crippen molar-refractivity contribution in [2.45, 2.75) is 33.7 Å². The highest BCUT2D eigenvalue weighted by molar-refractivity contribution is 6.00. The number of hydrogen-bond acceptors (Lipinski definition) is 2. The third-order valence-corrected chi connectivity index (χ3v) is 5.54. The summed E-state index contributed by atoms with van der Waals surface area (Å²) in [6.07, 6.45) is 6.75. The van der Waals surface area contributed by atoms with E-state index in [2.05, 4.69) is 62.2 Å². The van der Waals surface area contributed by atoms with Crippen molar-refractivity contribution in [1.29, 1.82) is 0 Å². The SMILES string of the molecule is CC1=C2C(=O)N(Cc3ccc(C)cc3)CC2(C)CC(c2cccnc2)=C1. The van der Waals surface area contributed by atoms with Gasteiger partial charge >= 0.3 is 0 Å². The van der Waals surface area contributed by atoms with Crippen molar-refractivity contribution in [2.24, 2.45) is 5.41 Å². The number of carbonyl (C=O) groups is 1. The second-order valence-electron chi connectivity index (χ2n) is 7.85. The summed E-state index contributed by atoms with van der Waals surface area (Å²) in [7, 11) is 0. The molecule has 2 aliphatic rings. The maximum absolute atomic E-state index is 13.1. The molecular formula is C23H24N2O. The standard InChI is InChI=1S/C23H24N2O/c1-16-6-8-18(9-7-16)14-25-15-23(3)12-20(19-5-4-10-24-13-19)11-17(2)21(23)22(25)26/h4-11,13H,12,14-15H2,1-3H3. The number of aryl methyl sites for hydroxylation is 1. The van der Waals surface area contributed by atoms with Crippen LogP contribution in [-0.2, 0) is 11.3 Å². The minimum absolute atomic E-state index is 0.133. The van der Waals surface area contributed by atoms with Crippen LogP contribution in [0.4, 0.5) is 0 Å². The number of nitrogens with zero attached hydrogens (tertiary/aromatic N) is 2. The molecule has 26 heavy (non-hydrogen) atoms. The van der Waals surface area contributed by atoms with E-state index in [9.17, 15) is 4.79 Å². The summed E-state index contributed by atoms with van der Waals surface area (Å²) in [5.74, 6) is 0.187. The lowest BCUT2D eigenvalue weighted by molar-refractivity contribution is -0.125. The van der Waals surface area contributed by atoms with Gasteiger partial charge in [0.05, 0.1) is 0 Å². The fraction of sp³-hybridized carbons (Fsp3) is 0.304. The van der Waals surface area contributed by atoms with Crippen molar-refractivity contribution >= 4 is 11.5 Å². The van der Waals surface area contributed by atoms with Crippen molar-refractivity contribution in [3.63, 3.8) is 0 Å². The topological polar surface area (TPSA) is 33.2 Å². The smallest absolute Gasteiger partial charge is 0.251 e. The van der Waals surface area contributed by atoms with Crippen LogP contribution in [0.15, 0.2) is 66.0 Å². The average molecular weight is 344 g/mol. The zero-order valence-electron chi connectivity index (χ0n) is 15.6. The molecule has 3 heteroatoms. The largest absolute Gasteiger partial charge is 0.334 e. The Morgan fingerprint density at radius 3 is 2.62 bits per heavy atom. The van der Waals surface area contributed by atoms with Gasteiger partial charge in [0.2, 0.25) is 0 Å². The molecule has 1 unspecified atom stereocenters. The Kier molecular flexibility index (Phi) is 4.03. The van der Waals surface area contributed by atoms with E-state index in [1.54, 1.807) is 6.20 Å². The number of aromatic nitrogens is 1. The van der Waals surface area contributed by atoms with Gasteiger partial charge in [-0.15, -0.1) is 0 Å². The number of likely N-dealkylation sites (tertiary alicyclic amines) is 1. The van der Waals surface area contributed by atoms with Crippen LogP contribution in [0.3, 0.4) is 0 Å². The van der Waals surface area contributed by atoms with Crippen LogP contribution < -0.4 is 0 Å². The number of rotatable bonds is 3. The number of amides is 1. The lowest BCUT2D eigenvalue weighted by Gasteiger charge is -2.30. The van der Waals surface area contributed by atoms with Crippen molar-refractivity contribution < 1.29 is 4.79 Å². The van der Waals surface area contributed by atoms with E-state index in [1.807, 2.05) is 17.2 Å². The molecule has 132 valence electrons. The fourth-order valence-corrected chi connectivity index (χ4v) is 4.36. The molecule has 1 atom stereocenters. The van der Waals surface area contributed by atoms with Crippen LogP contribution in [0.1, 0.15) is 37.0 Å². The highest BCUT2D eigenvalue weighted by atomic mass is 16.2. The summed E-state index contributed by atoms with van der Waals surface area (Å²) in [5.41, 5.74) is 6.79. The van der Waals surface area contributed by atoms with Crippen molar-refractivity contribution in [3.8, 4) is 0 Å². The van der Waals surface area contributed by atoms with E-state index in [4.69, 9.17) is 0 Å². The molecule has 2 heterocycles. The third-order valence-electron chi connectivity index (χ3n) is 5.54. The molecule has 0 bridgehead atoms. The molecule has 1 fully saturated rings. The van der Waals surface area contributed by atoms with E-state index in [-0.39, 0.29) is 11.3 Å². The van der Waals surface area contributed by atoms with Crippen LogP contribution in [0.25, 0.3) is 5.57 Å². The van der Waals surface area contributed by atoms with Gasteiger partial charge in [-0.05, 0) is 48.6 Å². The van der Waals surface area contributed by atoms with Gasteiger partial charge in [0, 0.05) is 36.5 Å². The van der Waals surface area contributed by atoms with Gasteiger partial charge in [0.1, 0.15) is 0 Å². The zero-order chi connectivity index (χ0) is 18.3. The summed E-state index contributed by atoms with van der Waals surface area (Å²) in [6, 6.07) is 12.5. The summed E-state index contributed by atoms with van der Waals surface area (Å²) in [6.45, 7) is 7.82. The molecule has 2 aromatic rings. The molecule has 3 nitrogen and oxygen atoms in total. The lowest BCUT2D eigenvalue weighted by Crippen LogP contribution is -2.27. The van der Waals surface area contributed by atoms with Gasteiger partial charge in [0.25, 0.3) is 5.91 Å². The van der Waals surface area contributed by atoms with Crippen LogP contribution in [0, 0.1) is 12.3 Å². The highest BCUT2D eigenvalue weighted by Crippen LogP contribution is 2.48. The van der Waals surface area contributed by atoms with Crippen molar-refractivity contribution in [3.05, 3.63) is 82.7 Å². The van der Waals surface area contributed by atoms with Crippen LogP contribution >= 0.6 is 0 Å². The fourth-order valence-electron chi connectivity index (χ4n) is 4.36. The summed E-state index contributed by atoms with van der Waals surface area (Å²) >= 11 is 0. The average Bonchev–Trinajstić information content (AvgIpc) is 2.88. The molecule has 0 radical (unpaired) electrons. The van der Waals surface area contributed by atoms with Gasteiger partial charge in [-0.25, -0.2) is 0 Å². The van der Waals surface area contributed by atoms with Crippen molar-refractivity contribution in [1.82, 2.24) is 9.88 Å². The number of carbonyl (C=O) groups excluding carboxylic acids is 1. The predicted octanol–water partition coefficient (Wildman–Crippen LogP) is 4.54. The minimum atomic E-state index is -0.133. The van der Waals surface area contributed by atoms with Gasteiger partial charge in [-0.3, -0.25) is 9.78 Å². The predicted molar refractivity (Wildman–Crippen MR) is 104 cm³/mol. The summed E-state index contributed by atoms with van der Waals surface area (Å²) in [5, 5.41) is 0. The van der Waals surface area contributed by atoms with Gasteiger partial charge < -0.3 is 4.90 Å². The van der Waals surface area contributed by atoms with E-state index < -0.39 is 0 Å². The second-order valence-corrected chi connectivity index (χ2v) is 7.85. The molecule has 1 amide bonds. The van der Waals surface area contributed by atoms with Gasteiger partial charge in [-0.1, -0.05) is 48.9 Å². The Labute approximate surface area is 155 Å². The first-order valence-electron chi connectivity index (χ1n) is 9.13. The molecule has 0 N–H and O–H groups in total. The molecule has 0 saturated carbocycles. The Bertz CT molecular complexity index is 909. The Morgan fingerprint density at radius 2 is 1.92 bits per heavy atom. The van der Waals surface area contributed by atoms with Gasteiger partial charge in [0.15, 0.2) is 0 Å². The van der Waals surface area contributed by atoms with E-state index in [0.29, 0.717) is 6.54 Å². The quantitative estimate of drug-likeness (QED) is 0.819. The minimum Gasteiger partial charge on any atom is -0.334 e. The van der Waals surface area contributed by atoms with E-state index in [1.165, 1.54) is 16.7 Å². The number of allylic oxidation sites excluding steroid dienone is 3. The normalized spacial score (nSPS) is 22.5. The summed E-state index contributed by atoms with van der Waals surface area (Å²) < 4.78 is 0. The highest BCUT2D eigenvalue weighted by Gasteiger charge is 2.47. The van der Waals surface area contributed by atoms with Gasteiger partial charge in [-0.2, -0.15) is 0 Å². The number of benzene rings is 1. The Balaban J connectivity index is 1.62. The first-order chi connectivity index (χ1) is 12.5. The molecular weight excluding hydrogens is 320 g/mol. The molecule has 1 aromatic heterocycles. The third kappa shape index (κ3) is 2.88. The number of pyridine rings is 1. The maximum Gasteiger partial charge on any atom is 0.251 e. The molecule has 1 saturated heterocycles. The van der Waals surface area contributed by atoms with Crippen LogP contribution in [0.2, 0.25) is 0 Å². The molecule has 0 spiro atoms. The molecule has 4 rings (SSSR count). The first kappa shape index (κ1) is 16.8.